The summed E-state index contributed by atoms with van der Waals surface area (Å²) < 4.78 is 0. The van der Waals surface area contributed by atoms with Gasteiger partial charge in [-0.15, -0.1) is 0 Å². The Morgan fingerprint density at radius 3 is 2.19 bits per heavy atom. The van der Waals surface area contributed by atoms with Gasteiger partial charge in [-0.25, -0.2) is 0 Å². The van der Waals surface area contributed by atoms with Crippen LogP contribution in [0.15, 0.2) is 18.2 Å². The average Bonchev–Trinajstić information content (AvgIpc) is 2.16. The first-order valence-electron chi connectivity index (χ1n) is 4.58. The second-order valence-corrected chi connectivity index (χ2v) is 3.84. The lowest BCUT2D eigenvalue weighted by atomic mass is 10.3. The molecular weight excluding hydrogens is 251 g/mol. The third-order valence-electron chi connectivity index (χ3n) is 1.66. The first-order chi connectivity index (χ1) is 7.52. The Hall–Kier alpha value is -1.26. The standard InChI is InChI=1S/C10H10Cl2N2O2/c1-2-13-9(15)10(16)14-8-4-6(11)3-7(12)5-8/h3-5H,2H2,1H3,(H,13,15)(H,14,16). The minimum atomic E-state index is -0.750. The Morgan fingerprint density at radius 2 is 1.69 bits per heavy atom. The van der Waals surface area contributed by atoms with Crippen LogP contribution in [0.5, 0.6) is 0 Å². The van der Waals surface area contributed by atoms with E-state index in [1.54, 1.807) is 6.92 Å². The van der Waals surface area contributed by atoms with Crippen LogP contribution >= 0.6 is 23.2 Å². The van der Waals surface area contributed by atoms with Gasteiger partial charge < -0.3 is 10.6 Å². The number of likely N-dealkylation sites (N-methyl/N-ethyl adjacent to an activating group) is 1. The van der Waals surface area contributed by atoms with Gasteiger partial charge in [0.05, 0.1) is 0 Å². The Balaban J connectivity index is 2.73. The number of carbonyl (C=O) groups excluding carboxylic acids is 2. The van der Waals surface area contributed by atoms with Gasteiger partial charge in [-0.3, -0.25) is 9.59 Å². The van der Waals surface area contributed by atoms with E-state index >= 15 is 0 Å². The number of rotatable bonds is 2. The molecule has 16 heavy (non-hydrogen) atoms. The zero-order valence-electron chi connectivity index (χ0n) is 8.51. The first kappa shape index (κ1) is 12.8. The Bertz CT molecular complexity index is 401. The fourth-order valence-corrected chi connectivity index (χ4v) is 1.58. The number of hydrogen-bond acceptors (Lipinski definition) is 2. The zero-order valence-corrected chi connectivity index (χ0v) is 10.0. The van der Waals surface area contributed by atoms with Gasteiger partial charge in [-0.2, -0.15) is 0 Å². The van der Waals surface area contributed by atoms with Gasteiger partial charge in [0.1, 0.15) is 0 Å². The van der Waals surface area contributed by atoms with Crippen molar-refractivity contribution in [3.8, 4) is 0 Å². The number of halogens is 2. The first-order valence-corrected chi connectivity index (χ1v) is 5.33. The predicted octanol–water partition coefficient (Wildman–Crippen LogP) is 2.07. The molecule has 0 atom stereocenters. The quantitative estimate of drug-likeness (QED) is 0.800. The maximum absolute atomic E-state index is 11.3. The van der Waals surface area contributed by atoms with E-state index in [-0.39, 0.29) is 0 Å². The molecule has 2 amide bonds. The van der Waals surface area contributed by atoms with Crippen molar-refractivity contribution in [1.82, 2.24) is 5.32 Å². The van der Waals surface area contributed by atoms with Crippen LogP contribution < -0.4 is 10.6 Å². The number of hydrogen-bond donors (Lipinski definition) is 2. The van der Waals surface area contributed by atoms with Crippen LogP contribution in [0.25, 0.3) is 0 Å². The number of nitrogens with one attached hydrogen (secondary N) is 2. The molecule has 0 unspecified atom stereocenters. The number of carbonyl (C=O) groups is 2. The summed E-state index contributed by atoms with van der Waals surface area (Å²) in [7, 11) is 0. The molecule has 0 radical (unpaired) electrons. The van der Waals surface area contributed by atoms with Crippen molar-refractivity contribution in [3.63, 3.8) is 0 Å². The van der Waals surface area contributed by atoms with Gasteiger partial charge in [0.15, 0.2) is 0 Å². The van der Waals surface area contributed by atoms with E-state index in [1.165, 1.54) is 18.2 Å². The Labute approximate surface area is 103 Å². The van der Waals surface area contributed by atoms with Gasteiger partial charge in [-0.05, 0) is 25.1 Å². The van der Waals surface area contributed by atoms with Gasteiger partial charge in [-0.1, -0.05) is 23.2 Å². The van der Waals surface area contributed by atoms with Crippen molar-refractivity contribution in [2.75, 3.05) is 11.9 Å². The van der Waals surface area contributed by atoms with Crippen molar-refractivity contribution >= 4 is 40.7 Å². The summed E-state index contributed by atoms with van der Waals surface area (Å²) in [6, 6.07) is 4.54. The highest BCUT2D eigenvalue weighted by Crippen LogP contribution is 2.22. The minimum absolute atomic E-state index is 0.383. The maximum Gasteiger partial charge on any atom is 0.313 e. The maximum atomic E-state index is 11.3. The van der Waals surface area contributed by atoms with E-state index in [0.29, 0.717) is 22.3 Å². The third kappa shape index (κ3) is 3.72. The zero-order chi connectivity index (χ0) is 12.1. The molecule has 0 aliphatic rings. The molecule has 1 rings (SSSR count). The van der Waals surface area contributed by atoms with Crippen molar-refractivity contribution < 1.29 is 9.59 Å². The molecule has 6 heteroatoms. The molecule has 0 saturated heterocycles. The van der Waals surface area contributed by atoms with Crippen molar-refractivity contribution in [3.05, 3.63) is 28.2 Å². The molecule has 4 nitrogen and oxygen atoms in total. The van der Waals surface area contributed by atoms with E-state index in [4.69, 9.17) is 23.2 Å². The minimum Gasteiger partial charge on any atom is -0.348 e. The molecule has 0 aliphatic heterocycles. The lowest BCUT2D eigenvalue weighted by molar-refractivity contribution is -0.136. The molecule has 2 N–H and O–H groups in total. The highest BCUT2D eigenvalue weighted by Gasteiger charge is 2.12. The SMILES string of the molecule is CCNC(=O)C(=O)Nc1cc(Cl)cc(Cl)c1. The number of anilines is 1. The Kier molecular flexibility index (Phi) is 4.58. The van der Waals surface area contributed by atoms with E-state index in [1.807, 2.05) is 0 Å². The Morgan fingerprint density at radius 1 is 1.12 bits per heavy atom. The molecular formula is C10H10Cl2N2O2. The van der Waals surface area contributed by atoms with E-state index in [9.17, 15) is 9.59 Å². The second-order valence-electron chi connectivity index (χ2n) is 2.97. The van der Waals surface area contributed by atoms with Crippen molar-refractivity contribution in [2.45, 2.75) is 6.92 Å². The topological polar surface area (TPSA) is 58.2 Å². The summed E-state index contributed by atoms with van der Waals surface area (Å²) in [6.07, 6.45) is 0. The van der Waals surface area contributed by atoms with Crippen molar-refractivity contribution in [2.24, 2.45) is 0 Å². The number of amides is 2. The predicted molar refractivity (Wildman–Crippen MR) is 63.8 cm³/mol. The molecule has 1 aromatic carbocycles. The van der Waals surface area contributed by atoms with Gasteiger partial charge >= 0.3 is 11.8 Å². The molecule has 1 aromatic rings. The molecule has 0 spiro atoms. The monoisotopic (exact) mass is 260 g/mol. The van der Waals surface area contributed by atoms with Gasteiger partial charge in [0, 0.05) is 22.3 Å². The highest BCUT2D eigenvalue weighted by atomic mass is 35.5. The molecule has 0 heterocycles. The summed E-state index contributed by atoms with van der Waals surface area (Å²) in [4.78, 5) is 22.4. The molecule has 0 aliphatic carbocycles. The summed E-state index contributed by atoms with van der Waals surface area (Å²) >= 11 is 11.5. The summed E-state index contributed by atoms with van der Waals surface area (Å²) in [5.74, 6) is -1.45. The average molecular weight is 261 g/mol. The lowest BCUT2D eigenvalue weighted by Gasteiger charge is -2.05. The highest BCUT2D eigenvalue weighted by molar-refractivity contribution is 6.40. The van der Waals surface area contributed by atoms with Gasteiger partial charge in [0.25, 0.3) is 0 Å². The van der Waals surface area contributed by atoms with Crippen molar-refractivity contribution in [1.29, 1.82) is 0 Å². The van der Waals surface area contributed by atoms with Crippen LogP contribution in [-0.4, -0.2) is 18.4 Å². The fraction of sp³-hybridized carbons (Fsp3) is 0.200. The van der Waals surface area contributed by atoms with Crippen LogP contribution in [0.4, 0.5) is 5.69 Å². The molecule has 86 valence electrons. The van der Waals surface area contributed by atoms with E-state index < -0.39 is 11.8 Å². The largest absolute Gasteiger partial charge is 0.348 e. The molecule has 0 bridgehead atoms. The fourth-order valence-electron chi connectivity index (χ4n) is 1.05. The lowest BCUT2D eigenvalue weighted by Crippen LogP contribution is -2.35. The molecule has 0 saturated carbocycles. The summed E-state index contributed by atoms with van der Waals surface area (Å²) in [6.45, 7) is 2.12. The smallest absolute Gasteiger partial charge is 0.313 e. The summed E-state index contributed by atoms with van der Waals surface area (Å²) in [5, 5.41) is 5.54. The normalized spacial score (nSPS) is 9.69. The number of benzene rings is 1. The third-order valence-corrected chi connectivity index (χ3v) is 2.10. The van der Waals surface area contributed by atoms with Crippen LogP contribution in [0.3, 0.4) is 0 Å². The van der Waals surface area contributed by atoms with E-state index in [0.717, 1.165) is 0 Å². The van der Waals surface area contributed by atoms with E-state index in [2.05, 4.69) is 10.6 Å². The van der Waals surface area contributed by atoms with Crippen LogP contribution in [0.1, 0.15) is 6.92 Å². The summed E-state index contributed by atoms with van der Waals surface area (Å²) in [5.41, 5.74) is 0.383. The van der Waals surface area contributed by atoms with Crippen LogP contribution in [0, 0.1) is 0 Å². The second kappa shape index (κ2) is 5.72. The molecule has 0 fully saturated rings. The van der Waals surface area contributed by atoms with Crippen LogP contribution in [0.2, 0.25) is 10.0 Å². The van der Waals surface area contributed by atoms with Gasteiger partial charge in [0.2, 0.25) is 0 Å². The molecule has 0 aromatic heterocycles. The van der Waals surface area contributed by atoms with Crippen LogP contribution in [-0.2, 0) is 9.59 Å².